The fraction of sp³-hybridized carbons (Fsp3) is 0.412. The van der Waals surface area contributed by atoms with Crippen LogP contribution in [0, 0.1) is 6.92 Å². The minimum Gasteiger partial charge on any atom is -0.350 e. The quantitative estimate of drug-likeness (QED) is 0.692. The molecular weight excluding hydrogens is 397 g/mol. The molecule has 0 saturated carbocycles. The summed E-state index contributed by atoms with van der Waals surface area (Å²) >= 11 is 3.42. The number of hydrogen-bond acceptors (Lipinski definition) is 5. The summed E-state index contributed by atoms with van der Waals surface area (Å²) in [6.45, 7) is 3.79. The predicted molar refractivity (Wildman–Crippen MR) is 111 cm³/mol. The average molecular weight is 420 g/mol. The first-order valence-corrected chi connectivity index (χ1v) is 9.73. The van der Waals surface area contributed by atoms with E-state index in [-0.39, 0.29) is 30.7 Å². The maximum atomic E-state index is 12.1. The molecule has 0 aliphatic carbocycles. The lowest BCUT2D eigenvalue weighted by atomic mass is 10.2. The van der Waals surface area contributed by atoms with Gasteiger partial charge >= 0.3 is 0 Å². The lowest BCUT2D eigenvalue weighted by Gasteiger charge is -2.11. The molecule has 1 unspecified atom stereocenters. The van der Waals surface area contributed by atoms with Crippen molar-refractivity contribution in [3.05, 3.63) is 45.9 Å². The van der Waals surface area contributed by atoms with E-state index < -0.39 is 0 Å². The SMILES string of the molecule is Cc1nc(CSc2ccc(C(=O)NCC3CCCN3)cc2)cs1.Cl.Cl. The number of thioether (sulfide) groups is 1. The molecule has 1 fully saturated rings. The number of nitrogens with one attached hydrogen (secondary N) is 2. The fourth-order valence-corrected chi connectivity index (χ4v) is 4.09. The van der Waals surface area contributed by atoms with Crippen molar-refractivity contribution in [3.63, 3.8) is 0 Å². The first-order chi connectivity index (χ1) is 11.2. The Kier molecular flexibility index (Phi) is 9.82. The van der Waals surface area contributed by atoms with Crippen molar-refractivity contribution in [1.29, 1.82) is 0 Å². The number of carbonyl (C=O) groups excluding carboxylic acids is 1. The van der Waals surface area contributed by atoms with Crippen LogP contribution in [0.1, 0.15) is 33.9 Å². The van der Waals surface area contributed by atoms with E-state index in [2.05, 4.69) is 21.0 Å². The van der Waals surface area contributed by atoms with Crippen LogP contribution in [0.4, 0.5) is 0 Å². The second-order valence-corrected chi connectivity index (χ2v) is 7.79. The molecule has 2 aromatic rings. The predicted octanol–water partition coefficient (Wildman–Crippen LogP) is 4.07. The molecule has 1 aromatic carbocycles. The van der Waals surface area contributed by atoms with Gasteiger partial charge in [-0.15, -0.1) is 47.9 Å². The summed E-state index contributed by atoms with van der Waals surface area (Å²) in [5.41, 5.74) is 1.83. The highest BCUT2D eigenvalue weighted by molar-refractivity contribution is 7.98. The molecule has 1 atom stereocenters. The van der Waals surface area contributed by atoms with Crippen LogP contribution in [-0.4, -0.2) is 30.0 Å². The third kappa shape index (κ3) is 6.79. The summed E-state index contributed by atoms with van der Waals surface area (Å²) in [6.07, 6.45) is 2.34. The van der Waals surface area contributed by atoms with Gasteiger partial charge in [0.05, 0.1) is 10.7 Å². The highest BCUT2D eigenvalue weighted by Gasteiger charge is 2.15. The van der Waals surface area contributed by atoms with Crippen molar-refractivity contribution in [3.8, 4) is 0 Å². The summed E-state index contributed by atoms with van der Waals surface area (Å²) < 4.78 is 0. The van der Waals surface area contributed by atoms with Crippen molar-refractivity contribution in [2.75, 3.05) is 13.1 Å². The van der Waals surface area contributed by atoms with Gasteiger partial charge < -0.3 is 10.6 Å². The fourth-order valence-electron chi connectivity index (χ4n) is 2.58. The van der Waals surface area contributed by atoms with Crippen LogP contribution in [0.5, 0.6) is 0 Å². The minimum atomic E-state index is 0. The monoisotopic (exact) mass is 419 g/mol. The number of hydrogen-bond donors (Lipinski definition) is 2. The van der Waals surface area contributed by atoms with Gasteiger partial charge in [0.25, 0.3) is 5.91 Å². The first kappa shape index (κ1) is 22.3. The smallest absolute Gasteiger partial charge is 0.251 e. The molecule has 1 amide bonds. The Bertz CT molecular complexity index is 658. The highest BCUT2D eigenvalue weighted by Crippen LogP contribution is 2.23. The molecule has 1 saturated heterocycles. The number of carbonyl (C=O) groups is 1. The van der Waals surface area contributed by atoms with Gasteiger partial charge in [0.2, 0.25) is 0 Å². The van der Waals surface area contributed by atoms with Crippen LogP contribution in [0.2, 0.25) is 0 Å². The van der Waals surface area contributed by atoms with Gasteiger partial charge in [-0.1, -0.05) is 0 Å². The number of thiazole rings is 1. The number of aryl methyl sites for hydroxylation is 1. The molecule has 2 N–H and O–H groups in total. The van der Waals surface area contributed by atoms with E-state index in [1.165, 1.54) is 6.42 Å². The highest BCUT2D eigenvalue weighted by atomic mass is 35.5. The van der Waals surface area contributed by atoms with Gasteiger partial charge in [-0.2, -0.15) is 0 Å². The molecule has 4 nitrogen and oxygen atoms in total. The Morgan fingerprint density at radius 3 is 2.72 bits per heavy atom. The molecule has 1 aromatic heterocycles. The van der Waals surface area contributed by atoms with Crippen molar-refractivity contribution < 1.29 is 4.79 Å². The number of rotatable bonds is 6. The summed E-state index contributed by atoms with van der Waals surface area (Å²) in [6, 6.07) is 8.23. The van der Waals surface area contributed by atoms with E-state index in [1.54, 1.807) is 23.1 Å². The number of amides is 1. The molecule has 8 heteroatoms. The second-order valence-electron chi connectivity index (χ2n) is 5.67. The zero-order valence-electron chi connectivity index (χ0n) is 14.0. The standard InChI is InChI=1S/C17H21N3OS2.2ClH/c1-12-20-15(10-22-12)11-23-16-6-4-13(5-7-16)17(21)19-9-14-3-2-8-18-14;;/h4-7,10,14,18H,2-3,8-9,11H2,1H3,(H,19,21);2*1H. The number of halogens is 2. The maximum Gasteiger partial charge on any atom is 0.251 e. The third-order valence-electron chi connectivity index (χ3n) is 3.84. The lowest BCUT2D eigenvalue weighted by molar-refractivity contribution is 0.0950. The van der Waals surface area contributed by atoms with Crippen molar-refractivity contribution >= 4 is 53.8 Å². The van der Waals surface area contributed by atoms with Crippen LogP contribution in [0.25, 0.3) is 0 Å². The lowest BCUT2D eigenvalue weighted by Crippen LogP contribution is -2.37. The van der Waals surface area contributed by atoms with E-state index in [0.29, 0.717) is 12.6 Å². The topological polar surface area (TPSA) is 54.0 Å². The van der Waals surface area contributed by atoms with Gasteiger partial charge in [-0.05, 0) is 50.6 Å². The molecular formula is C17H23Cl2N3OS2. The molecule has 1 aliphatic heterocycles. The van der Waals surface area contributed by atoms with Crippen LogP contribution >= 0.6 is 47.9 Å². The summed E-state index contributed by atoms with van der Waals surface area (Å²) in [4.78, 5) is 17.8. The number of nitrogens with zero attached hydrogens (tertiary/aromatic N) is 1. The molecule has 2 heterocycles. The molecule has 1 aliphatic rings. The van der Waals surface area contributed by atoms with E-state index in [0.717, 1.165) is 39.9 Å². The second kappa shape index (κ2) is 11.0. The van der Waals surface area contributed by atoms with E-state index in [1.807, 2.05) is 31.2 Å². The molecule has 25 heavy (non-hydrogen) atoms. The summed E-state index contributed by atoms with van der Waals surface area (Å²) in [5.74, 6) is 0.869. The molecule has 3 rings (SSSR count). The Morgan fingerprint density at radius 1 is 1.36 bits per heavy atom. The van der Waals surface area contributed by atoms with Crippen LogP contribution in [0.15, 0.2) is 34.5 Å². The molecule has 0 bridgehead atoms. The third-order valence-corrected chi connectivity index (χ3v) is 5.71. The summed E-state index contributed by atoms with van der Waals surface area (Å²) in [7, 11) is 0. The van der Waals surface area contributed by atoms with Gasteiger partial charge in [0.15, 0.2) is 0 Å². The van der Waals surface area contributed by atoms with Crippen molar-refractivity contribution in [2.24, 2.45) is 0 Å². The van der Waals surface area contributed by atoms with E-state index in [9.17, 15) is 4.79 Å². The number of aromatic nitrogens is 1. The van der Waals surface area contributed by atoms with Gasteiger partial charge in [0, 0.05) is 34.2 Å². The van der Waals surface area contributed by atoms with E-state index >= 15 is 0 Å². The van der Waals surface area contributed by atoms with Crippen molar-refractivity contribution in [2.45, 2.75) is 36.5 Å². The molecule has 138 valence electrons. The van der Waals surface area contributed by atoms with E-state index in [4.69, 9.17) is 0 Å². The minimum absolute atomic E-state index is 0. The average Bonchev–Trinajstić information content (AvgIpc) is 3.22. The Balaban J connectivity index is 0.00000156. The first-order valence-electron chi connectivity index (χ1n) is 7.86. The van der Waals surface area contributed by atoms with Gasteiger partial charge in [0.1, 0.15) is 0 Å². The largest absolute Gasteiger partial charge is 0.350 e. The Hall–Kier alpha value is -0.790. The van der Waals surface area contributed by atoms with Gasteiger partial charge in [-0.25, -0.2) is 4.98 Å². The normalized spacial score (nSPS) is 16.0. The van der Waals surface area contributed by atoms with Gasteiger partial charge in [-0.3, -0.25) is 4.79 Å². The zero-order valence-corrected chi connectivity index (χ0v) is 17.3. The van der Waals surface area contributed by atoms with Crippen molar-refractivity contribution in [1.82, 2.24) is 15.6 Å². The molecule has 0 spiro atoms. The molecule has 0 radical (unpaired) electrons. The van der Waals surface area contributed by atoms with Crippen LogP contribution < -0.4 is 10.6 Å². The summed E-state index contributed by atoms with van der Waals surface area (Å²) in [5, 5.41) is 9.59. The Morgan fingerprint density at radius 2 is 2.12 bits per heavy atom. The van der Waals surface area contributed by atoms with Crippen LogP contribution in [-0.2, 0) is 5.75 Å². The maximum absolute atomic E-state index is 12.1. The Labute approximate surface area is 169 Å². The zero-order chi connectivity index (χ0) is 16.1. The number of benzene rings is 1. The van der Waals surface area contributed by atoms with Crippen LogP contribution in [0.3, 0.4) is 0 Å².